The molecule has 0 bridgehead atoms. The van der Waals surface area contributed by atoms with Gasteiger partial charge < -0.3 is 10.6 Å². The fourth-order valence-corrected chi connectivity index (χ4v) is 3.24. The summed E-state index contributed by atoms with van der Waals surface area (Å²) in [7, 11) is 0. The van der Waals surface area contributed by atoms with E-state index >= 15 is 0 Å². The minimum Gasteiger partial charge on any atom is -0.332 e. The van der Waals surface area contributed by atoms with Gasteiger partial charge in [0.05, 0.1) is 21.7 Å². The topological polar surface area (TPSA) is 82.0 Å². The molecule has 2 aromatic carbocycles. The third kappa shape index (κ3) is 4.36. The zero-order chi connectivity index (χ0) is 20.1. The average Bonchev–Trinajstić information content (AvgIpc) is 3.23. The van der Waals surface area contributed by atoms with Gasteiger partial charge in [-0.05, 0) is 35.7 Å². The minimum atomic E-state index is -1.16. The molecule has 0 radical (unpaired) electrons. The molecular weight excluding hydrogens is 401 g/mol. The molecule has 0 aliphatic carbocycles. The van der Waals surface area contributed by atoms with E-state index in [-0.39, 0.29) is 27.7 Å². The predicted octanol–water partition coefficient (Wildman–Crippen LogP) is 4.79. The fourth-order valence-electron chi connectivity index (χ4n) is 2.46. The molecule has 0 aliphatic rings. The number of thiophene rings is 1. The second-order valence-electron chi connectivity index (χ2n) is 5.68. The third-order valence-corrected chi connectivity index (χ3v) is 5.04. The molecule has 0 aliphatic heterocycles. The van der Waals surface area contributed by atoms with Crippen LogP contribution >= 0.6 is 22.9 Å². The Bertz CT molecular complexity index is 1060. The van der Waals surface area contributed by atoms with Crippen LogP contribution in [0.4, 0.5) is 10.1 Å². The van der Waals surface area contributed by atoms with Crippen LogP contribution in [0.25, 0.3) is 0 Å². The van der Waals surface area contributed by atoms with Crippen LogP contribution in [0.1, 0.15) is 31.6 Å². The zero-order valence-corrected chi connectivity index (χ0v) is 15.9. The summed E-state index contributed by atoms with van der Waals surface area (Å²) in [6.45, 7) is 0. The molecule has 5 nitrogen and oxygen atoms in total. The summed E-state index contributed by atoms with van der Waals surface area (Å²) in [6.07, 6.45) is 0. The Kier molecular flexibility index (Phi) is 6.04. The Morgan fingerprint density at radius 1 is 1.11 bits per heavy atom. The van der Waals surface area contributed by atoms with E-state index in [1.54, 1.807) is 23.6 Å². The van der Waals surface area contributed by atoms with Crippen LogP contribution in [-0.4, -0.2) is 11.8 Å². The Morgan fingerprint density at radius 3 is 2.57 bits per heavy atom. The third-order valence-electron chi connectivity index (χ3n) is 3.84. The maximum absolute atomic E-state index is 13.9. The van der Waals surface area contributed by atoms with Gasteiger partial charge in [-0.2, -0.15) is 5.26 Å². The van der Waals surface area contributed by atoms with E-state index in [1.807, 2.05) is 6.07 Å². The van der Waals surface area contributed by atoms with E-state index in [4.69, 9.17) is 11.6 Å². The molecule has 1 unspecified atom stereocenters. The van der Waals surface area contributed by atoms with Crippen LogP contribution < -0.4 is 10.6 Å². The lowest BCUT2D eigenvalue weighted by Gasteiger charge is -2.14. The largest absolute Gasteiger partial charge is 0.332 e. The molecule has 3 aromatic rings. The maximum Gasteiger partial charge on any atom is 0.265 e. The first kappa shape index (κ1) is 19.5. The van der Waals surface area contributed by atoms with Crippen molar-refractivity contribution in [1.82, 2.24) is 5.32 Å². The van der Waals surface area contributed by atoms with E-state index in [0.717, 1.165) is 0 Å². The van der Waals surface area contributed by atoms with Gasteiger partial charge in [0.25, 0.3) is 11.8 Å². The summed E-state index contributed by atoms with van der Waals surface area (Å²) in [6, 6.07) is 14.2. The van der Waals surface area contributed by atoms with E-state index < -0.39 is 17.8 Å². The highest BCUT2D eigenvalue weighted by molar-refractivity contribution is 7.12. The first-order chi connectivity index (χ1) is 13.5. The van der Waals surface area contributed by atoms with Crippen molar-refractivity contribution in [2.45, 2.75) is 6.04 Å². The van der Waals surface area contributed by atoms with Crippen LogP contribution in [0.5, 0.6) is 0 Å². The molecule has 3 rings (SSSR count). The van der Waals surface area contributed by atoms with Gasteiger partial charge in [-0.15, -0.1) is 11.3 Å². The van der Waals surface area contributed by atoms with Crippen LogP contribution in [0.3, 0.4) is 0 Å². The van der Waals surface area contributed by atoms with Crippen molar-refractivity contribution in [2.24, 2.45) is 0 Å². The number of hydrogen-bond donors (Lipinski definition) is 2. The fraction of sp³-hybridized carbons (Fsp3) is 0.0500. The maximum atomic E-state index is 13.9. The van der Waals surface area contributed by atoms with Gasteiger partial charge in [-0.1, -0.05) is 35.9 Å². The molecule has 1 heterocycles. The van der Waals surface area contributed by atoms with Gasteiger partial charge in [-0.25, -0.2) is 4.39 Å². The Morgan fingerprint density at radius 2 is 1.89 bits per heavy atom. The molecule has 28 heavy (non-hydrogen) atoms. The molecule has 1 aromatic heterocycles. The van der Waals surface area contributed by atoms with E-state index in [1.165, 1.54) is 47.7 Å². The molecule has 0 fully saturated rings. The minimum absolute atomic E-state index is 0.0681. The van der Waals surface area contributed by atoms with Gasteiger partial charge in [0.1, 0.15) is 11.9 Å². The number of carbonyl (C=O) groups is 2. The molecule has 140 valence electrons. The number of nitriles is 1. The number of nitrogens with zero attached hydrogens (tertiary/aromatic N) is 1. The summed E-state index contributed by atoms with van der Waals surface area (Å²) in [5.41, 5.74) is 0.494. The van der Waals surface area contributed by atoms with Crippen molar-refractivity contribution in [3.8, 4) is 6.07 Å². The van der Waals surface area contributed by atoms with Gasteiger partial charge in [0.15, 0.2) is 0 Å². The summed E-state index contributed by atoms with van der Waals surface area (Å²) < 4.78 is 13.9. The van der Waals surface area contributed by atoms with Crippen LogP contribution in [0.2, 0.25) is 5.02 Å². The van der Waals surface area contributed by atoms with E-state index in [0.29, 0.717) is 4.88 Å². The number of anilines is 1. The smallest absolute Gasteiger partial charge is 0.265 e. The standard InChI is InChI=1S/C20H13ClFN3O2S/c21-14-8-7-12(10-16(14)24-20(27)18-6-3-9-28-18)19(26)25-17(11-23)13-4-1-2-5-15(13)22/h1-10,17H,(H,24,27)(H,25,26). The van der Waals surface area contributed by atoms with Crippen molar-refractivity contribution >= 4 is 40.4 Å². The highest BCUT2D eigenvalue weighted by Crippen LogP contribution is 2.25. The van der Waals surface area contributed by atoms with Crippen molar-refractivity contribution in [1.29, 1.82) is 5.26 Å². The number of halogens is 2. The molecule has 0 spiro atoms. The van der Waals surface area contributed by atoms with E-state index in [2.05, 4.69) is 10.6 Å². The second-order valence-corrected chi connectivity index (χ2v) is 7.04. The van der Waals surface area contributed by atoms with Gasteiger partial charge >= 0.3 is 0 Å². The lowest BCUT2D eigenvalue weighted by molar-refractivity contribution is 0.0943. The number of nitrogens with one attached hydrogen (secondary N) is 2. The first-order valence-corrected chi connectivity index (χ1v) is 9.34. The normalized spacial score (nSPS) is 11.3. The molecule has 2 N–H and O–H groups in total. The van der Waals surface area contributed by atoms with Gasteiger partial charge in [-0.3, -0.25) is 9.59 Å². The van der Waals surface area contributed by atoms with Crippen molar-refractivity contribution < 1.29 is 14.0 Å². The molecule has 1 atom stereocenters. The summed E-state index contributed by atoms with van der Waals surface area (Å²) in [4.78, 5) is 25.2. The van der Waals surface area contributed by atoms with Gasteiger partial charge in [0.2, 0.25) is 0 Å². The monoisotopic (exact) mass is 413 g/mol. The van der Waals surface area contributed by atoms with Crippen LogP contribution in [0, 0.1) is 17.1 Å². The van der Waals surface area contributed by atoms with Crippen molar-refractivity contribution in [2.75, 3.05) is 5.32 Å². The summed E-state index contributed by atoms with van der Waals surface area (Å²) >= 11 is 7.38. The zero-order valence-electron chi connectivity index (χ0n) is 14.3. The Labute approximate surface area is 169 Å². The number of rotatable bonds is 5. The highest BCUT2D eigenvalue weighted by Gasteiger charge is 2.19. The Hall–Kier alpha value is -3.21. The molecule has 2 amide bonds. The first-order valence-electron chi connectivity index (χ1n) is 8.09. The predicted molar refractivity (Wildman–Crippen MR) is 106 cm³/mol. The Balaban J connectivity index is 1.79. The summed E-state index contributed by atoms with van der Waals surface area (Å²) in [5, 5.41) is 16.5. The SMILES string of the molecule is N#CC(NC(=O)c1ccc(Cl)c(NC(=O)c2cccs2)c1)c1ccccc1F. The van der Waals surface area contributed by atoms with E-state index in [9.17, 15) is 19.2 Å². The quantitative estimate of drug-likeness (QED) is 0.631. The highest BCUT2D eigenvalue weighted by atomic mass is 35.5. The number of amides is 2. The summed E-state index contributed by atoms with van der Waals surface area (Å²) in [5.74, 6) is -1.54. The van der Waals surface area contributed by atoms with Crippen molar-refractivity contribution in [3.63, 3.8) is 0 Å². The number of carbonyl (C=O) groups excluding carboxylic acids is 2. The van der Waals surface area contributed by atoms with Crippen LogP contribution in [0.15, 0.2) is 60.0 Å². The molecular formula is C20H13ClFN3O2S. The molecule has 0 saturated heterocycles. The lowest BCUT2D eigenvalue weighted by atomic mass is 10.1. The van der Waals surface area contributed by atoms with Crippen LogP contribution in [-0.2, 0) is 0 Å². The molecule has 0 saturated carbocycles. The second kappa shape index (κ2) is 8.65. The average molecular weight is 414 g/mol. The number of hydrogen-bond acceptors (Lipinski definition) is 4. The molecule has 8 heteroatoms. The van der Waals surface area contributed by atoms with Crippen molar-refractivity contribution in [3.05, 3.63) is 86.8 Å². The number of benzene rings is 2. The van der Waals surface area contributed by atoms with Gasteiger partial charge in [0, 0.05) is 11.1 Å². The lowest BCUT2D eigenvalue weighted by Crippen LogP contribution is -2.28.